The second kappa shape index (κ2) is 12.2. The minimum Gasteiger partial charge on any atom is -0.379 e. The smallest absolute Gasteiger partial charge is 0.258 e. The molecule has 0 unspecified atom stereocenters. The maximum absolute atomic E-state index is 14.1. The maximum Gasteiger partial charge on any atom is 0.258 e. The Balaban J connectivity index is 1.33. The van der Waals surface area contributed by atoms with Gasteiger partial charge in [-0.05, 0) is 60.8 Å². The van der Waals surface area contributed by atoms with Crippen LogP contribution in [0.3, 0.4) is 0 Å². The number of ether oxygens (including phenoxy) is 1. The highest BCUT2D eigenvalue weighted by Crippen LogP contribution is 2.30. The summed E-state index contributed by atoms with van der Waals surface area (Å²) in [4.78, 5) is 30.7. The first-order valence-corrected chi connectivity index (χ1v) is 13.2. The van der Waals surface area contributed by atoms with Crippen molar-refractivity contribution in [2.45, 2.75) is 19.4 Å². The molecule has 0 aromatic heterocycles. The topological polar surface area (TPSA) is 73.9 Å². The summed E-state index contributed by atoms with van der Waals surface area (Å²) in [6.07, 6.45) is 1.73. The van der Waals surface area contributed by atoms with Gasteiger partial charge in [0.25, 0.3) is 11.8 Å². The summed E-state index contributed by atoms with van der Waals surface area (Å²) in [6, 6.07) is 19.5. The van der Waals surface area contributed by atoms with E-state index in [-0.39, 0.29) is 11.5 Å². The van der Waals surface area contributed by atoms with E-state index in [2.05, 4.69) is 38.6 Å². The average Bonchev–Trinajstić information content (AvgIpc) is 2.95. The van der Waals surface area contributed by atoms with Crippen molar-refractivity contribution in [2.75, 3.05) is 56.2 Å². The molecule has 0 saturated carbocycles. The number of benzene rings is 3. The molecular weight excluding hydrogens is 483 g/mol. The zero-order valence-electron chi connectivity index (χ0n) is 21.4. The van der Waals surface area contributed by atoms with Crippen molar-refractivity contribution in [1.82, 2.24) is 10.2 Å². The van der Waals surface area contributed by atoms with Crippen molar-refractivity contribution in [3.05, 3.63) is 94.8 Å². The summed E-state index contributed by atoms with van der Waals surface area (Å²) in [6.45, 7) is 6.27. The van der Waals surface area contributed by atoms with E-state index in [1.165, 1.54) is 23.3 Å². The Morgan fingerprint density at radius 1 is 0.868 bits per heavy atom. The van der Waals surface area contributed by atoms with Gasteiger partial charge in [-0.25, -0.2) is 4.39 Å². The van der Waals surface area contributed by atoms with Crippen LogP contribution in [0.2, 0.25) is 0 Å². The van der Waals surface area contributed by atoms with Crippen LogP contribution in [0, 0.1) is 5.82 Å². The molecule has 1 fully saturated rings. The molecule has 5 rings (SSSR count). The number of morpholine rings is 1. The molecule has 0 bridgehead atoms. The fourth-order valence-corrected chi connectivity index (χ4v) is 5.04. The molecule has 198 valence electrons. The number of carbonyl (C=O) groups excluding carboxylic acids is 2. The highest BCUT2D eigenvalue weighted by molar-refractivity contribution is 6.06. The highest BCUT2D eigenvalue weighted by Gasteiger charge is 2.22. The first-order valence-electron chi connectivity index (χ1n) is 13.2. The van der Waals surface area contributed by atoms with Crippen LogP contribution in [0.25, 0.3) is 0 Å². The molecule has 1 saturated heterocycles. The summed E-state index contributed by atoms with van der Waals surface area (Å²) in [5.41, 5.74) is 4.27. The molecule has 2 aliphatic heterocycles. The molecule has 3 aromatic carbocycles. The summed E-state index contributed by atoms with van der Waals surface area (Å²) >= 11 is 0. The molecule has 3 aromatic rings. The van der Waals surface area contributed by atoms with Gasteiger partial charge in [0.2, 0.25) is 0 Å². The second-order valence-corrected chi connectivity index (χ2v) is 9.67. The van der Waals surface area contributed by atoms with E-state index in [0.29, 0.717) is 24.3 Å². The minimum atomic E-state index is -0.591. The number of nitrogens with one attached hydrogen (secondary N) is 2. The third-order valence-corrected chi connectivity index (χ3v) is 7.13. The summed E-state index contributed by atoms with van der Waals surface area (Å²) in [5.74, 6) is -1.34. The van der Waals surface area contributed by atoms with Crippen molar-refractivity contribution in [3.8, 4) is 0 Å². The van der Waals surface area contributed by atoms with E-state index < -0.39 is 11.7 Å². The van der Waals surface area contributed by atoms with Crippen molar-refractivity contribution < 1.29 is 18.7 Å². The lowest BCUT2D eigenvalue weighted by Crippen LogP contribution is -2.38. The highest BCUT2D eigenvalue weighted by atomic mass is 19.1. The van der Waals surface area contributed by atoms with Gasteiger partial charge in [0.1, 0.15) is 5.82 Å². The van der Waals surface area contributed by atoms with Gasteiger partial charge < -0.3 is 20.3 Å². The van der Waals surface area contributed by atoms with Crippen molar-refractivity contribution in [2.24, 2.45) is 0 Å². The van der Waals surface area contributed by atoms with Crippen LogP contribution in [0.1, 0.15) is 38.3 Å². The number of rotatable bonds is 8. The first kappa shape index (κ1) is 25.9. The predicted octanol–water partition coefficient (Wildman–Crippen LogP) is 4.09. The lowest BCUT2D eigenvalue weighted by molar-refractivity contribution is 0.0374. The Bertz CT molecular complexity index is 1290. The maximum atomic E-state index is 14.1. The van der Waals surface area contributed by atoms with Gasteiger partial charge in [0, 0.05) is 44.1 Å². The van der Waals surface area contributed by atoms with Crippen LogP contribution in [0.4, 0.5) is 15.8 Å². The predicted molar refractivity (Wildman–Crippen MR) is 146 cm³/mol. The molecule has 8 heteroatoms. The van der Waals surface area contributed by atoms with Gasteiger partial charge in [-0.1, -0.05) is 36.4 Å². The number of halogens is 1. The van der Waals surface area contributed by atoms with Crippen LogP contribution < -0.4 is 15.5 Å². The summed E-state index contributed by atoms with van der Waals surface area (Å²) in [5, 5.41) is 5.82. The molecule has 2 aliphatic rings. The normalized spacial score (nSPS) is 15.6. The van der Waals surface area contributed by atoms with Crippen molar-refractivity contribution in [3.63, 3.8) is 0 Å². The Morgan fingerprint density at radius 3 is 2.45 bits per heavy atom. The van der Waals surface area contributed by atoms with Crippen LogP contribution >= 0.6 is 0 Å². The van der Waals surface area contributed by atoms with Crippen molar-refractivity contribution >= 4 is 23.2 Å². The van der Waals surface area contributed by atoms with Crippen molar-refractivity contribution in [1.29, 1.82) is 0 Å². The minimum absolute atomic E-state index is 0.0432. The number of hydrogen-bond acceptors (Lipinski definition) is 5. The monoisotopic (exact) mass is 516 g/mol. The summed E-state index contributed by atoms with van der Waals surface area (Å²) < 4.78 is 19.5. The lowest BCUT2D eigenvalue weighted by Gasteiger charge is -2.32. The molecule has 0 radical (unpaired) electrons. The van der Waals surface area contributed by atoms with Gasteiger partial charge in [-0.2, -0.15) is 0 Å². The number of amides is 2. The number of hydrogen-bond donors (Lipinski definition) is 2. The van der Waals surface area contributed by atoms with E-state index in [4.69, 9.17) is 4.74 Å². The SMILES string of the molecule is O=C(Nc1ccc(N2CCc3ccccc3C2)c(C(=O)NCCCN2CCOCC2)c1)c1ccccc1F. The van der Waals surface area contributed by atoms with Crippen LogP contribution in [-0.2, 0) is 17.7 Å². The fraction of sp³-hybridized carbons (Fsp3) is 0.333. The number of anilines is 2. The molecule has 0 atom stereocenters. The zero-order valence-corrected chi connectivity index (χ0v) is 21.4. The van der Waals surface area contributed by atoms with Gasteiger partial charge in [0.05, 0.1) is 24.3 Å². The molecule has 2 heterocycles. The molecular formula is C30H33FN4O3. The molecule has 38 heavy (non-hydrogen) atoms. The fourth-order valence-electron chi connectivity index (χ4n) is 5.04. The number of carbonyl (C=O) groups is 2. The Hall–Kier alpha value is -3.75. The number of nitrogens with zero attached hydrogens (tertiary/aromatic N) is 2. The zero-order chi connectivity index (χ0) is 26.3. The Morgan fingerprint density at radius 2 is 1.63 bits per heavy atom. The average molecular weight is 517 g/mol. The molecule has 0 spiro atoms. The standard InChI is InChI=1S/C30H33FN4O3/c31-27-9-4-3-8-25(27)30(37)33-24-10-11-28(35-15-12-22-6-1-2-7-23(22)21-35)26(20-24)29(36)32-13-5-14-34-16-18-38-19-17-34/h1-4,6-11,20H,5,12-19,21H2,(H,32,36)(H,33,37). The van der Waals surface area contributed by atoms with Gasteiger partial charge in [0.15, 0.2) is 0 Å². The number of fused-ring (bicyclic) bond motifs is 1. The van der Waals surface area contributed by atoms with Crippen LogP contribution in [-0.4, -0.2) is 62.7 Å². The second-order valence-electron chi connectivity index (χ2n) is 9.67. The van der Waals surface area contributed by atoms with E-state index in [0.717, 1.165) is 57.9 Å². The first-order chi connectivity index (χ1) is 18.6. The van der Waals surface area contributed by atoms with E-state index in [9.17, 15) is 14.0 Å². The van der Waals surface area contributed by atoms with Gasteiger partial charge >= 0.3 is 0 Å². The lowest BCUT2D eigenvalue weighted by atomic mass is 9.98. The van der Waals surface area contributed by atoms with Crippen LogP contribution in [0.5, 0.6) is 0 Å². The Kier molecular flexibility index (Phi) is 8.31. The molecule has 2 amide bonds. The van der Waals surface area contributed by atoms with Crippen LogP contribution in [0.15, 0.2) is 66.7 Å². The van der Waals surface area contributed by atoms with E-state index in [1.54, 1.807) is 24.3 Å². The van der Waals surface area contributed by atoms with E-state index >= 15 is 0 Å². The Labute approximate surface area is 222 Å². The molecule has 7 nitrogen and oxygen atoms in total. The quantitative estimate of drug-likeness (QED) is 0.441. The van der Waals surface area contributed by atoms with Gasteiger partial charge in [-0.15, -0.1) is 0 Å². The van der Waals surface area contributed by atoms with E-state index in [1.807, 2.05) is 12.1 Å². The van der Waals surface area contributed by atoms with Gasteiger partial charge in [-0.3, -0.25) is 14.5 Å². The molecule has 0 aliphatic carbocycles. The third-order valence-electron chi connectivity index (χ3n) is 7.13. The largest absolute Gasteiger partial charge is 0.379 e. The third kappa shape index (κ3) is 6.20. The molecule has 2 N–H and O–H groups in total. The summed E-state index contributed by atoms with van der Waals surface area (Å²) in [7, 11) is 0.